The first-order valence-corrected chi connectivity index (χ1v) is 38.7. The summed E-state index contributed by atoms with van der Waals surface area (Å²) < 4.78 is 7.61. The van der Waals surface area contributed by atoms with Gasteiger partial charge in [0.25, 0.3) is 0 Å². The summed E-state index contributed by atoms with van der Waals surface area (Å²) in [5, 5.41) is 33.6. The molecule has 2 fully saturated rings. The van der Waals surface area contributed by atoms with Crippen LogP contribution in [0.25, 0.3) is 0 Å². The van der Waals surface area contributed by atoms with Crippen molar-refractivity contribution in [3.05, 3.63) is 108 Å². The van der Waals surface area contributed by atoms with Gasteiger partial charge in [0.15, 0.2) is 0 Å². The third-order valence-corrected chi connectivity index (χ3v) is 28.8. The van der Waals surface area contributed by atoms with Gasteiger partial charge in [0.05, 0.1) is 47.0 Å². The van der Waals surface area contributed by atoms with E-state index < -0.39 is 0 Å². The van der Waals surface area contributed by atoms with Gasteiger partial charge in [-0.1, -0.05) is 249 Å². The van der Waals surface area contributed by atoms with Gasteiger partial charge in [0.1, 0.15) is 0 Å². The summed E-state index contributed by atoms with van der Waals surface area (Å²) in [5.74, 6) is 3.89. The Kier molecular flexibility index (Phi) is 34.2. The van der Waals surface area contributed by atoms with Crippen molar-refractivity contribution in [2.24, 2.45) is 11.8 Å². The molecule has 12 nitrogen and oxygen atoms in total. The van der Waals surface area contributed by atoms with E-state index in [1.807, 2.05) is 49.2 Å². The molecule has 5 unspecified atom stereocenters. The molecule has 5 atom stereocenters. The van der Waals surface area contributed by atoms with Crippen LogP contribution in [0.15, 0.2) is 95.2 Å². The normalized spacial score (nSPS) is 15.4. The number of benzene rings is 2. The quantitative estimate of drug-likeness (QED) is 0.0479. The fourth-order valence-corrected chi connectivity index (χ4v) is 23.9. The van der Waals surface area contributed by atoms with E-state index in [1.165, 1.54) is 48.3 Å². The molecule has 4 aromatic heterocycles. The smallest absolute Gasteiger partial charge is 0.0927 e. The zero-order valence-corrected chi connectivity index (χ0v) is 59.3. The number of thioether (sulfide) groups is 2. The lowest BCUT2D eigenvalue weighted by Gasteiger charge is -2.32. The Balaban J connectivity index is 0.000000221. The predicted molar refractivity (Wildman–Crippen MR) is 363 cm³/mol. The highest BCUT2D eigenvalue weighted by molar-refractivity contribution is 7.98. The molecule has 0 N–H and O–H groups in total. The molecular formula is C62H107N12P5S2. The van der Waals surface area contributed by atoms with Crippen molar-refractivity contribution in [3.63, 3.8) is 0 Å². The molecule has 2 saturated carbocycles. The van der Waals surface area contributed by atoms with Crippen molar-refractivity contribution in [1.29, 1.82) is 0 Å². The second-order valence-electron chi connectivity index (χ2n) is 23.4. The number of hydrogen-bond donors (Lipinski definition) is 0. The van der Waals surface area contributed by atoms with Crippen molar-refractivity contribution >= 4 is 65.8 Å². The number of aryl methyl sites for hydroxylation is 1. The first kappa shape index (κ1) is 71.3. The molecule has 0 radical (unpaired) electrons. The minimum atomic E-state index is -0.0786. The predicted octanol–water partition coefficient (Wildman–Crippen LogP) is 19.1. The van der Waals surface area contributed by atoms with Crippen LogP contribution >= 0.6 is 65.8 Å². The van der Waals surface area contributed by atoms with Crippen LogP contribution in [0.5, 0.6) is 0 Å². The second kappa shape index (κ2) is 38.8. The molecule has 0 saturated heterocycles. The second-order valence-corrected chi connectivity index (χ2v) is 37.4. The van der Waals surface area contributed by atoms with Gasteiger partial charge in [-0.15, -0.1) is 62.4 Å². The fraction of sp³-hybridized carbons (Fsp3) is 0.677. The van der Waals surface area contributed by atoms with Gasteiger partial charge >= 0.3 is 0 Å². The van der Waals surface area contributed by atoms with Crippen LogP contribution in [0.2, 0.25) is 0 Å². The van der Waals surface area contributed by atoms with E-state index in [1.54, 1.807) is 49.2 Å². The molecule has 6 aromatic rings. The van der Waals surface area contributed by atoms with Crippen LogP contribution in [0.4, 0.5) is 0 Å². The molecule has 2 aliphatic carbocycles. The van der Waals surface area contributed by atoms with Crippen molar-refractivity contribution in [2.45, 2.75) is 266 Å². The largest absolute Gasteiger partial charge is 0.253 e. The van der Waals surface area contributed by atoms with E-state index in [0.717, 1.165) is 88.0 Å². The number of hydrogen-bond acceptors (Lipinski definition) is 10. The van der Waals surface area contributed by atoms with E-state index in [-0.39, 0.29) is 23.8 Å². The first-order valence-electron chi connectivity index (χ1n) is 30.4. The Morgan fingerprint density at radius 3 is 1.06 bits per heavy atom. The zero-order valence-electron chi connectivity index (χ0n) is 52.7. The molecule has 0 amide bonds. The topological polar surface area (TPSA) is 123 Å². The summed E-state index contributed by atoms with van der Waals surface area (Å²) in [6.07, 6.45) is 25.4. The van der Waals surface area contributed by atoms with Gasteiger partial charge in [-0.05, 0) is 77.0 Å². The first-order chi connectivity index (χ1) is 38.8. The molecule has 8 rings (SSSR count). The lowest BCUT2D eigenvalue weighted by Crippen LogP contribution is -2.20. The zero-order chi connectivity index (χ0) is 59.4. The van der Waals surface area contributed by atoms with Crippen LogP contribution in [0.3, 0.4) is 0 Å². The molecule has 2 aliphatic rings. The fourth-order valence-electron chi connectivity index (χ4n) is 11.8. The van der Waals surface area contributed by atoms with E-state index in [4.69, 9.17) is 0 Å². The Morgan fingerprint density at radius 2 is 0.753 bits per heavy atom. The van der Waals surface area contributed by atoms with E-state index in [0.29, 0.717) is 28.3 Å². The lowest BCUT2D eigenvalue weighted by atomic mass is 9.73. The van der Waals surface area contributed by atoms with E-state index >= 15 is 0 Å². The SMILES string of the molecule is C1CCC(C2CCCCC2)CC1.CC(C)P(C(C)C)C(C)c1cn(CP)nn1.CC(C)P(C(C)C)C(C)c1cn(CSc2ccccc2)nn1.CCn1cc(C(C)P(C(C)C)C(C)C)nn1.PCc1cn(CSc2ccccc2)nn1. The molecule has 4 heterocycles. The highest BCUT2D eigenvalue weighted by Crippen LogP contribution is 2.59. The highest BCUT2D eigenvalue weighted by Gasteiger charge is 2.29. The summed E-state index contributed by atoms with van der Waals surface area (Å²) in [7, 11) is 5.18. The van der Waals surface area contributed by atoms with Crippen LogP contribution in [0, 0.1) is 11.8 Å². The molecule has 0 bridgehead atoms. The number of aromatic nitrogens is 12. The minimum absolute atomic E-state index is 0.0237. The van der Waals surface area contributed by atoms with Crippen LogP contribution < -0.4 is 0 Å². The van der Waals surface area contributed by atoms with E-state index in [9.17, 15) is 0 Å². The molecule has 2 aromatic carbocycles. The molecule has 81 heavy (non-hydrogen) atoms. The van der Waals surface area contributed by atoms with Gasteiger partial charge in [0.2, 0.25) is 0 Å². The lowest BCUT2D eigenvalue weighted by molar-refractivity contribution is 0.196. The molecule has 452 valence electrons. The summed E-state index contributed by atoms with van der Waals surface area (Å²) >= 11 is 3.54. The Hall–Kier alpha value is -2.15. The average molecular weight is 1240 g/mol. The average Bonchev–Trinajstić information content (AvgIpc) is 4.39. The van der Waals surface area contributed by atoms with E-state index in [2.05, 4.69) is 225 Å². The Labute approximate surface area is 509 Å². The van der Waals surface area contributed by atoms with Gasteiger partial charge in [-0.2, -0.15) is 0 Å². The summed E-state index contributed by atoms with van der Waals surface area (Å²) in [6, 6.07) is 20.7. The Bertz CT molecular complexity index is 2420. The summed E-state index contributed by atoms with van der Waals surface area (Å²) in [6.45, 7) is 37.8. The molecule has 19 heteroatoms. The van der Waals surface area contributed by atoms with Crippen LogP contribution in [-0.2, 0) is 30.7 Å². The molecule has 0 spiro atoms. The third-order valence-electron chi connectivity index (χ3n) is 15.4. The van der Waals surface area contributed by atoms with Gasteiger partial charge in [0, 0.05) is 58.1 Å². The summed E-state index contributed by atoms with van der Waals surface area (Å²) in [4.78, 5) is 2.51. The number of nitrogens with zero attached hydrogens (tertiary/aromatic N) is 12. The van der Waals surface area contributed by atoms with Gasteiger partial charge < -0.3 is 0 Å². The summed E-state index contributed by atoms with van der Waals surface area (Å²) in [5.41, 5.74) is 10.5. The maximum Gasteiger partial charge on any atom is 0.0927 e. The van der Waals surface area contributed by atoms with Crippen molar-refractivity contribution in [3.8, 4) is 0 Å². The van der Waals surface area contributed by atoms with Crippen molar-refractivity contribution in [1.82, 2.24) is 60.0 Å². The number of rotatable bonds is 22. The van der Waals surface area contributed by atoms with Crippen molar-refractivity contribution in [2.75, 3.05) is 0 Å². The maximum atomic E-state index is 4.43. The minimum Gasteiger partial charge on any atom is -0.253 e. The molecular weight excluding hydrogens is 1130 g/mol. The highest BCUT2D eigenvalue weighted by atomic mass is 32.2. The standard InChI is InChI=1S/C17H26N3PS.C12H24N3P.C12H22.C11H23N3P2.C10H12N3PS/c1-13(2)21(14(3)4)15(5)17-11-20(19-18-17)12-22-16-9-7-6-8-10-16;1-7-15-8-12(13-14-15)11(6)16(9(2)3)10(4)5;1-3-7-11(8-4-1)12-9-5-2-6-10-12;1-8(2)16(9(3)4)10(5)11-6-14(7-15)13-12-11;14-7-9-6-13(12-11-9)8-15-10-4-2-1-3-5-10/h6-11,13-15H,12H2,1-5H3;8-11H,7H2,1-6H3;11-12H,1-10H2;6,8-10H,7,15H2,1-5H3;1-6H,7-8,14H2. The van der Waals surface area contributed by atoms with Gasteiger partial charge in [-0.3, -0.25) is 4.68 Å². The van der Waals surface area contributed by atoms with Crippen LogP contribution in [0.1, 0.15) is 215 Å². The van der Waals surface area contributed by atoms with Gasteiger partial charge in [-0.25, -0.2) is 14.0 Å². The van der Waals surface area contributed by atoms with Crippen molar-refractivity contribution < 1.29 is 0 Å². The monoisotopic (exact) mass is 1240 g/mol. The maximum absolute atomic E-state index is 4.43. The molecule has 0 aliphatic heterocycles. The van der Waals surface area contributed by atoms with Crippen LogP contribution in [-0.4, -0.2) is 93.9 Å². The third kappa shape index (κ3) is 25.0. The Morgan fingerprint density at radius 1 is 0.432 bits per heavy atom.